The Balaban J connectivity index is 2.05. The number of carbonyl (C=O) groups is 1. The Morgan fingerprint density at radius 3 is 2.45 bits per heavy atom. The number of benzene rings is 2. The number of hydrogen-bond acceptors (Lipinski definition) is 5. The largest absolute Gasteiger partial charge is 0.479 e. The Bertz CT molecular complexity index is 898. The van der Waals surface area contributed by atoms with Crippen molar-refractivity contribution in [2.24, 2.45) is 0 Å². The van der Waals surface area contributed by atoms with Crippen LogP contribution in [-0.4, -0.2) is 37.3 Å². The van der Waals surface area contributed by atoms with Gasteiger partial charge in [-0.2, -0.15) is 5.26 Å². The first kappa shape index (κ1) is 20.7. The van der Waals surface area contributed by atoms with Gasteiger partial charge in [0.05, 0.1) is 11.6 Å². The molecule has 0 radical (unpaired) electrons. The van der Waals surface area contributed by atoms with Crippen molar-refractivity contribution in [2.75, 3.05) is 36.4 Å². The topological polar surface area (TPSA) is 88.4 Å². The first-order valence-corrected chi connectivity index (χ1v) is 10.1. The van der Waals surface area contributed by atoms with E-state index in [-0.39, 0.29) is 0 Å². The lowest BCUT2D eigenvalue weighted by Crippen LogP contribution is -2.45. The van der Waals surface area contributed by atoms with Crippen LogP contribution in [0.5, 0.6) is 0 Å². The highest BCUT2D eigenvalue weighted by Gasteiger charge is 2.39. The highest BCUT2D eigenvalue weighted by molar-refractivity contribution is 5.85. The Morgan fingerprint density at radius 1 is 1.21 bits per heavy atom. The zero-order valence-electron chi connectivity index (χ0n) is 17.0. The molecule has 1 aliphatic rings. The molecular weight excluding hydrogens is 364 g/mol. The van der Waals surface area contributed by atoms with E-state index in [1.54, 1.807) is 24.3 Å². The fourth-order valence-corrected chi connectivity index (χ4v) is 3.80. The van der Waals surface area contributed by atoms with Crippen LogP contribution in [-0.2, 0) is 16.8 Å². The molecule has 1 unspecified atom stereocenters. The lowest BCUT2D eigenvalue weighted by atomic mass is 9.85. The lowest BCUT2D eigenvalue weighted by Gasteiger charge is -2.34. The maximum absolute atomic E-state index is 12.5. The number of piperazine rings is 1. The fourth-order valence-electron chi connectivity index (χ4n) is 3.80. The van der Waals surface area contributed by atoms with Gasteiger partial charge < -0.3 is 20.6 Å². The molecule has 2 aromatic rings. The monoisotopic (exact) mass is 392 g/mol. The summed E-state index contributed by atoms with van der Waals surface area (Å²) < 4.78 is 0. The molecular formula is C23H28N4O2. The van der Waals surface area contributed by atoms with Crippen molar-refractivity contribution >= 4 is 17.3 Å². The maximum atomic E-state index is 12.5. The Kier molecular flexibility index (Phi) is 6.40. The molecule has 6 heteroatoms. The molecule has 0 bridgehead atoms. The molecule has 6 nitrogen and oxygen atoms in total. The average Bonchev–Trinajstić information content (AvgIpc) is 2.78. The summed E-state index contributed by atoms with van der Waals surface area (Å²) in [7, 11) is 0. The van der Waals surface area contributed by atoms with E-state index in [0.717, 1.165) is 49.4 Å². The number of carboxylic acid groups (broad SMARTS) is 1. The molecule has 1 heterocycles. The number of rotatable bonds is 7. The van der Waals surface area contributed by atoms with E-state index in [1.165, 1.54) is 0 Å². The minimum absolute atomic E-state index is 0.385. The van der Waals surface area contributed by atoms with Crippen LogP contribution in [0.25, 0.3) is 0 Å². The second-order valence-electron chi connectivity index (χ2n) is 7.36. The van der Waals surface area contributed by atoms with Crippen LogP contribution in [0, 0.1) is 11.3 Å². The number of carboxylic acids is 1. The summed E-state index contributed by atoms with van der Waals surface area (Å²) in [5, 5.41) is 25.9. The summed E-state index contributed by atoms with van der Waals surface area (Å²) in [4.78, 5) is 14.8. The van der Waals surface area contributed by atoms with E-state index in [1.807, 2.05) is 19.1 Å². The summed E-state index contributed by atoms with van der Waals surface area (Å²) in [6.45, 7) is 7.63. The number of aliphatic carboxylic acids is 1. The number of nitriles is 1. The zero-order chi connectivity index (χ0) is 20.9. The number of nitrogens with one attached hydrogen (secondary N) is 2. The maximum Gasteiger partial charge on any atom is 0.334 e. The van der Waals surface area contributed by atoms with Crippen LogP contribution >= 0.6 is 0 Å². The van der Waals surface area contributed by atoms with Crippen molar-refractivity contribution < 1.29 is 9.90 Å². The third-order valence-electron chi connectivity index (χ3n) is 5.63. The van der Waals surface area contributed by atoms with Crippen molar-refractivity contribution in [3.8, 4) is 6.07 Å². The summed E-state index contributed by atoms with van der Waals surface area (Å²) in [6, 6.07) is 15.2. The molecule has 0 spiro atoms. The van der Waals surface area contributed by atoms with Gasteiger partial charge in [0.15, 0.2) is 5.54 Å². The average molecular weight is 393 g/mol. The van der Waals surface area contributed by atoms with Gasteiger partial charge in [0.2, 0.25) is 0 Å². The van der Waals surface area contributed by atoms with Crippen LogP contribution in [0.2, 0.25) is 0 Å². The third kappa shape index (κ3) is 4.36. The zero-order valence-corrected chi connectivity index (χ0v) is 17.0. The standard InChI is InChI=1S/C23H28N4O2/c1-3-17-13-19(15-21(14-17)27-11-9-25-10-12-27)23(4-2,22(28)29)26-20-7-5-18(16-24)6-8-20/h5-8,13-15,25-26H,3-4,9-12H2,1-2H3,(H,28,29). The first-order chi connectivity index (χ1) is 14.0. The molecule has 0 aliphatic carbocycles. The van der Waals surface area contributed by atoms with Gasteiger partial charge >= 0.3 is 5.97 Å². The van der Waals surface area contributed by atoms with E-state index in [4.69, 9.17) is 5.26 Å². The molecule has 0 aromatic heterocycles. The van der Waals surface area contributed by atoms with Crippen molar-refractivity contribution in [3.05, 3.63) is 59.2 Å². The highest BCUT2D eigenvalue weighted by atomic mass is 16.4. The fraction of sp³-hybridized carbons (Fsp3) is 0.391. The second kappa shape index (κ2) is 8.97. The van der Waals surface area contributed by atoms with Gasteiger partial charge in [0.25, 0.3) is 0 Å². The van der Waals surface area contributed by atoms with Gasteiger partial charge in [-0.25, -0.2) is 4.79 Å². The number of aryl methyl sites for hydroxylation is 1. The number of anilines is 2. The Morgan fingerprint density at radius 2 is 1.90 bits per heavy atom. The smallest absolute Gasteiger partial charge is 0.334 e. The third-order valence-corrected chi connectivity index (χ3v) is 5.63. The molecule has 1 saturated heterocycles. The molecule has 1 aliphatic heterocycles. The molecule has 1 fully saturated rings. The van der Waals surface area contributed by atoms with E-state index in [9.17, 15) is 9.90 Å². The second-order valence-corrected chi connectivity index (χ2v) is 7.36. The van der Waals surface area contributed by atoms with E-state index < -0.39 is 11.5 Å². The van der Waals surface area contributed by atoms with Crippen LogP contribution in [0.15, 0.2) is 42.5 Å². The first-order valence-electron chi connectivity index (χ1n) is 10.1. The summed E-state index contributed by atoms with van der Waals surface area (Å²) in [5.74, 6) is -0.913. The van der Waals surface area contributed by atoms with Crippen LogP contribution < -0.4 is 15.5 Å². The minimum atomic E-state index is -1.25. The summed E-state index contributed by atoms with van der Waals surface area (Å²) in [5.41, 5.74) is 2.92. The molecule has 2 aromatic carbocycles. The predicted octanol–water partition coefficient (Wildman–Crippen LogP) is 3.33. The van der Waals surface area contributed by atoms with Crippen molar-refractivity contribution in [1.82, 2.24) is 5.32 Å². The van der Waals surface area contributed by atoms with E-state index in [2.05, 4.69) is 34.6 Å². The molecule has 0 amide bonds. The van der Waals surface area contributed by atoms with E-state index >= 15 is 0 Å². The van der Waals surface area contributed by atoms with Gasteiger partial charge in [0.1, 0.15) is 0 Å². The minimum Gasteiger partial charge on any atom is -0.479 e. The molecule has 0 saturated carbocycles. The van der Waals surface area contributed by atoms with Gasteiger partial charge in [-0.1, -0.05) is 19.9 Å². The predicted molar refractivity (Wildman–Crippen MR) is 115 cm³/mol. The summed E-state index contributed by atoms with van der Waals surface area (Å²) in [6.07, 6.45) is 1.22. The lowest BCUT2D eigenvalue weighted by molar-refractivity contribution is -0.142. The molecule has 152 valence electrons. The highest BCUT2D eigenvalue weighted by Crippen LogP contribution is 2.34. The van der Waals surface area contributed by atoms with Crippen LogP contribution in [0.4, 0.5) is 11.4 Å². The van der Waals surface area contributed by atoms with Gasteiger partial charge in [-0.05, 0) is 60.4 Å². The van der Waals surface area contributed by atoms with E-state index in [0.29, 0.717) is 17.7 Å². The van der Waals surface area contributed by atoms with Gasteiger partial charge in [-0.3, -0.25) is 0 Å². The SMILES string of the molecule is CCc1cc(N2CCNCC2)cc(C(CC)(Nc2ccc(C#N)cc2)C(=O)O)c1. The van der Waals surface area contributed by atoms with Crippen molar-refractivity contribution in [2.45, 2.75) is 32.2 Å². The molecule has 29 heavy (non-hydrogen) atoms. The van der Waals surface area contributed by atoms with Crippen molar-refractivity contribution in [3.63, 3.8) is 0 Å². The molecule has 3 rings (SSSR count). The quantitative estimate of drug-likeness (QED) is 0.670. The van der Waals surface area contributed by atoms with Crippen LogP contribution in [0.3, 0.4) is 0 Å². The Labute approximate surface area is 172 Å². The van der Waals surface area contributed by atoms with Gasteiger partial charge in [0, 0.05) is 37.6 Å². The Hall–Kier alpha value is -3.04. The van der Waals surface area contributed by atoms with Crippen molar-refractivity contribution in [1.29, 1.82) is 5.26 Å². The molecule has 3 N–H and O–H groups in total. The van der Waals surface area contributed by atoms with Gasteiger partial charge in [-0.15, -0.1) is 0 Å². The summed E-state index contributed by atoms with van der Waals surface area (Å²) >= 11 is 0. The number of hydrogen-bond donors (Lipinski definition) is 3. The normalized spacial score (nSPS) is 16.0. The molecule has 1 atom stereocenters. The number of nitrogens with zero attached hydrogens (tertiary/aromatic N) is 2. The van der Waals surface area contributed by atoms with Crippen LogP contribution in [0.1, 0.15) is 37.0 Å².